The molecule has 1 aromatic heterocycles. The molecular weight excluding hydrogens is 344 g/mol. The van der Waals surface area contributed by atoms with Gasteiger partial charge in [0.25, 0.3) is 5.91 Å². The van der Waals surface area contributed by atoms with Gasteiger partial charge >= 0.3 is 5.63 Å². The Morgan fingerprint density at radius 2 is 1.96 bits per heavy atom. The zero-order chi connectivity index (χ0) is 19.0. The lowest BCUT2D eigenvalue weighted by molar-refractivity contribution is -0.119. The SMILES string of the molecule is Cc1cc(CCc2ccccc2)oc(=O)c1C(=O)N1C[C@@H]2CC(=O)N[C@@H]2C1. The standard InChI is InChI=1S/C21H22N2O4/c1-13-9-16(8-7-14-5-3-2-4-6-14)27-21(26)19(13)20(25)23-11-15-10-18(24)22-17(15)12-23/h2-6,9,15,17H,7-8,10-12H2,1H3,(H,22,24)/t15-,17+/m0/s1. The van der Waals surface area contributed by atoms with Crippen LogP contribution in [-0.2, 0) is 17.6 Å². The van der Waals surface area contributed by atoms with Crippen LogP contribution in [0.25, 0.3) is 0 Å². The van der Waals surface area contributed by atoms with Crippen molar-refractivity contribution in [2.45, 2.75) is 32.2 Å². The summed E-state index contributed by atoms with van der Waals surface area (Å²) in [5.74, 6) is 0.456. The van der Waals surface area contributed by atoms with Crippen LogP contribution in [0.15, 0.2) is 45.6 Å². The predicted molar refractivity (Wildman–Crippen MR) is 99.5 cm³/mol. The maximum Gasteiger partial charge on any atom is 0.349 e. The first-order valence-electron chi connectivity index (χ1n) is 9.27. The molecule has 6 nitrogen and oxygen atoms in total. The molecule has 4 rings (SSSR count). The third kappa shape index (κ3) is 3.52. The Labute approximate surface area is 157 Å². The van der Waals surface area contributed by atoms with Crippen molar-refractivity contribution >= 4 is 11.8 Å². The first-order chi connectivity index (χ1) is 13.0. The lowest BCUT2D eigenvalue weighted by atomic mass is 10.1. The van der Waals surface area contributed by atoms with Crippen LogP contribution in [0.3, 0.4) is 0 Å². The molecule has 2 aliphatic heterocycles. The number of aryl methyl sites for hydroxylation is 3. The maximum atomic E-state index is 12.8. The summed E-state index contributed by atoms with van der Waals surface area (Å²) >= 11 is 0. The number of nitrogens with zero attached hydrogens (tertiary/aromatic N) is 1. The molecule has 0 aliphatic carbocycles. The van der Waals surface area contributed by atoms with Gasteiger partial charge in [-0.05, 0) is 30.5 Å². The van der Waals surface area contributed by atoms with Crippen LogP contribution in [-0.4, -0.2) is 35.8 Å². The van der Waals surface area contributed by atoms with E-state index in [1.807, 2.05) is 30.3 Å². The third-order valence-electron chi connectivity index (χ3n) is 5.44. The number of hydrogen-bond donors (Lipinski definition) is 1. The van der Waals surface area contributed by atoms with Gasteiger partial charge < -0.3 is 14.6 Å². The Bertz CT molecular complexity index is 919. The molecular formula is C21H22N2O4. The maximum absolute atomic E-state index is 12.8. The van der Waals surface area contributed by atoms with E-state index < -0.39 is 5.63 Å². The average Bonchev–Trinajstić information content (AvgIpc) is 3.17. The molecule has 0 radical (unpaired) electrons. The first kappa shape index (κ1) is 17.5. The summed E-state index contributed by atoms with van der Waals surface area (Å²) in [4.78, 5) is 38.4. The largest absolute Gasteiger partial charge is 0.427 e. The lowest BCUT2D eigenvalue weighted by Gasteiger charge is -2.18. The van der Waals surface area contributed by atoms with Gasteiger partial charge in [0.05, 0.1) is 6.04 Å². The van der Waals surface area contributed by atoms with Crippen molar-refractivity contribution < 1.29 is 14.0 Å². The lowest BCUT2D eigenvalue weighted by Crippen LogP contribution is -2.37. The van der Waals surface area contributed by atoms with E-state index in [9.17, 15) is 14.4 Å². The molecule has 1 N–H and O–H groups in total. The van der Waals surface area contributed by atoms with Crippen LogP contribution in [0.1, 0.15) is 33.7 Å². The minimum absolute atomic E-state index is 0.000979. The van der Waals surface area contributed by atoms with E-state index in [4.69, 9.17) is 4.42 Å². The summed E-state index contributed by atoms with van der Waals surface area (Å²) in [6, 6.07) is 11.8. The molecule has 2 aliphatic rings. The fourth-order valence-electron chi connectivity index (χ4n) is 4.04. The Kier molecular flexibility index (Phi) is 4.56. The fourth-order valence-corrected chi connectivity index (χ4v) is 4.04. The highest BCUT2D eigenvalue weighted by Crippen LogP contribution is 2.26. The average molecular weight is 366 g/mol. The Morgan fingerprint density at radius 3 is 2.67 bits per heavy atom. The molecule has 140 valence electrons. The Morgan fingerprint density at radius 1 is 1.19 bits per heavy atom. The molecule has 0 spiro atoms. The van der Waals surface area contributed by atoms with E-state index in [2.05, 4.69) is 5.32 Å². The smallest absolute Gasteiger partial charge is 0.349 e. The van der Waals surface area contributed by atoms with Gasteiger partial charge in [0.2, 0.25) is 5.91 Å². The van der Waals surface area contributed by atoms with Crippen molar-refractivity contribution in [2.24, 2.45) is 5.92 Å². The van der Waals surface area contributed by atoms with Gasteiger partial charge in [-0.3, -0.25) is 9.59 Å². The topological polar surface area (TPSA) is 79.6 Å². The van der Waals surface area contributed by atoms with Crippen molar-refractivity contribution in [3.63, 3.8) is 0 Å². The number of rotatable bonds is 4. The van der Waals surface area contributed by atoms with Crippen LogP contribution < -0.4 is 10.9 Å². The number of likely N-dealkylation sites (tertiary alicyclic amines) is 1. The van der Waals surface area contributed by atoms with E-state index >= 15 is 0 Å². The molecule has 3 heterocycles. The second-order valence-electron chi connectivity index (χ2n) is 7.39. The van der Waals surface area contributed by atoms with E-state index in [0.717, 1.165) is 6.42 Å². The second-order valence-corrected chi connectivity index (χ2v) is 7.39. The Balaban J connectivity index is 1.48. The number of carbonyl (C=O) groups excluding carboxylic acids is 2. The van der Waals surface area contributed by atoms with Crippen molar-refractivity contribution in [1.29, 1.82) is 0 Å². The quantitative estimate of drug-likeness (QED) is 0.893. The van der Waals surface area contributed by atoms with Gasteiger partial charge in [0.1, 0.15) is 11.3 Å². The van der Waals surface area contributed by atoms with Crippen molar-refractivity contribution in [1.82, 2.24) is 10.2 Å². The molecule has 27 heavy (non-hydrogen) atoms. The van der Waals surface area contributed by atoms with Crippen LogP contribution in [0.2, 0.25) is 0 Å². The van der Waals surface area contributed by atoms with Crippen LogP contribution in [0, 0.1) is 12.8 Å². The molecule has 2 aromatic rings. The zero-order valence-corrected chi connectivity index (χ0v) is 15.2. The van der Waals surface area contributed by atoms with Crippen molar-refractivity contribution in [3.8, 4) is 0 Å². The zero-order valence-electron chi connectivity index (χ0n) is 15.2. The van der Waals surface area contributed by atoms with Crippen LogP contribution >= 0.6 is 0 Å². The van der Waals surface area contributed by atoms with E-state index in [1.165, 1.54) is 5.56 Å². The van der Waals surface area contributed by atoms with Gasteiger partial charge in [-0.2, -0.15) is 0 Å². The minimum Gasteiger partial charge on any atom is -0.427 e. The summed E-state index contributed by atoms with van der Waals surface area (Å²) in [5, 5.41) is 2.89. The van der Waals surface area contributed by atoms with E-state index in [-0.39, 0.29) is 29.3 Å². The number of amides is 2. The summed E-state index contributed by atoms with van der Waals surface area (Å²) in [5.41, 5.74) is 1.33. The summed E-state index contributed by atoms with van der Waals surface area (Å²) in [6.45, 7) is 2.72. The number of fused-ring (bicyclic) bond motifs is 1. The van der Waals surface area contributed by atoms with Gasteiger partial charge in [-0.25, -0.2) is 4.79 Å². The highest BCUT2D eigenvalue weighted by Gasteiger charge is 2.42. The number of nitrogens with one attached hydrogen (secondary N) is 1. The molecule has 2 fully saturated rings. The molecule has 6 heteroatoms. The fraction of sp³-hybridized carbons (Fsp3) is 0.381. The highest BCUT2D eigenvalue weighted by molar-refractivity contribution is 5.95. The molecule has 1 aromatic carbocycles. The van der Waals surface area contributed by atoms with Crippen LogP contribution in [0.4, 0.5) is 0 Å². The Hall–Kier alpha value is -2.89. The third-order valence-corrected chi connectivity index (χ3v) is 5.44. The molecule has 2 amide bonds. The summed E-state index contributed by atoms with van der Waals surface area (Å²) in [6.07, 6.45) is 1.82. The molecule has 0 unspecified atom stereocenters. The number of carbonyl (C=O) groups is 2. The summed E-state index contributed by atoms with van der Waals surface area (Å²) < 4.78 is 5.43. The molecule has 0 bridgehead atoms. The van der Waals surface area contributed by atoms with Crippen molar-refractivity contribution in [3.05, 3.63) is 69.3 Å². The van der Waals surface area contributed by atoms with E-state index in [0.29, 0.717) is 37.3 Å². The monoisotopic (exact) mass is 366 g/mol. The second kappa shape index (κ2) is 7.02. The van der Waals surface area contributed by atoms with Gasteiger partial charge in [0, 0.05) is 31.8 Å². The van der Waals surface area contributed by atoms with Gasteiger partial charge in [-0.1, -0.05) is 30.3 Å². The number of hydrogen-bond acceptors (Lipinski definition) is 4. The predicted octanol–water partition coefficient (Wildman–Crippen LogP) is 1.69. The van der Waals surface area contributed by atoms with Gasteiger partial charge in [-0.15, -0.1) is 0 Å². The summed E-state index contributed by atoms with van der Waals surface area (Å²) in [7, 11) is 0. The first-order valence-corrected chi connectivity index (χ1v) is 9.27. The molecule has 0 saturated carbocycles. The highest BCUT2D eigenvalue weighted by atomic mass is 16.4. The van der Waals surface area contributed by atoms with Crippen molar-refractivity contribution in [2.75, 3.05) is 13.1 Å². The van der Waals surface area contributed by atoms with Gasteiger partial charge in [0.15, 0.2) is 0 Å². The molecule has 2 atom stereocenters. The normalized spacial score (nSPS) is 21.2. The number of benzene rings is 1. The van der Waals surface area contributed by atoms with E-state index in [1.54, 1.807) is 17.9 Å². The van der Waals surface area contributed by atoms with Crippen LogP contribution in [0.5, 0.6) is 0 Å². The molecule has 2 saturated heterocycles. The minimum atomic E-state index is -0.579.